The van der Waals surface area contributed by atoms with Gasteiger partial charge in [-0.15, -0.1) is 0 Å². The van der Waals surface area contributed by atoms with Gasteiger partial charge in [-0.2, -0.15) is 18.4 Å². The minimum atomic E-state index is -4.74. The van der Waals surface area contributed by atoms with E-state index in [4.69, 9.17) is 10.4 Å². The van der Waals surface area contributed by atoms with Gasteiger partial charge in [0.2, 0.25) is 0 Å². The predicted molar refractivity (Wildman–Crippen MR) is 62.5 cm³/mol. The number of carbonyl (C=O) groups excluding carboxylic acids is 1. The van der Waals surface area contributed by atoms with Gasteiger partial charge in [0.05, 0.1) is 23.8 Å². The molecule has 108 valence electrons. The number of nitrogens with zero attached hydrogens (tertiary/aromatic N) is 1. The second kappa shape index (κ2) is 5.48. The van der Waals surface area contributed by atoms with Crippen molar-refractivity contribution in [1.82, 2.24) is 0 Å². The highest BCUT2D eigenvalue weighted by Gasteiger charge is 2.35. The van der Waals surface area contributed by atoms with Crippen molar-refractivity contribution in [3.05, 3.63) is 29.3 Å². The Bertz CT molecular complexity index is 562. The first kappa shape index (κ1) is 15.9. The average Bonchev–Trinajstić information content (AvgIpc) is 2.37. The van der Waals surface area contributed by atoms with E-state index in [2.05, 4.69) is 0 Å². The van der Waals surface area contributed by atoms with Gasteiger partial charge >= 0.3 is 6.18 Å². The largest absolute Gasteiger partial charge is 0.417 e. The molecular weight excluding hydrogens is 277 g/mol. The molecule has 1 rings (SSSR count). The second-order valence-corrected chi connectivity index (χ2v) is 4.26. The van der Waals surface area contributed by atoms with Crippen LogP contribution < -0.4 is 5.32 Å². The summed E-state index contributed by atoms with van der Waals surface area (Å²) >= 11 is 0. The number of alkyl halides is 3. The van der Waals surface area contributed by atoms with Crippen LogP contribution in [0, 0.1) is 11.3 Å². The quantitative estimate of drug-likeness (QED) is 0.780. The minimum absolute atomic E-state index is 0.241. The zero-order chi connectivity index (χ0) is 15.6. The fourth-order valence-electron chi connectivity index (χ4n) is 1.29. The van der Waals surface area contributed by atoms with Gasteiger partial charge < -0.3 is 15.5 Å². The number of hydrogen-bond acceptors (Lipinski definition) is 4. The fraction of sp³-hybridized carbons (Fsp3) is 0.333. The molecule has 0 saturated heterocycles. The number of halogens is 3. The molecule has 0 radical (unpaired) electrons. The summed E-state index contributed by atoms with van der Waals surface area (Å²) in [4.78, 5) is 11.5. The molecule has 0 aromatic heterocycles. The van der Waals surface area contributed by atoms with E-state index in [9.17, 15) is 23.1 Å². The van der Waals surface area contributed by atoms with E-state index in [1.165, 1.54) is 6.07 Å². The van der Waals surface area contributed by atoms with E-state index in [1.807, 2.05) is 5.32 Å². The Morgan fingerprint density at radius 1 is 1.45 bits per heavy atom. The van der Waals surface area contributed by atoms with E-state index in [-0.39, 0.29) is 5.69 Å². The highest BCUT2D eigenvalue weighted by molar-refractivity contribution is 5.97. The molecule has 1 amide bonds. The molecule has 5 nitrogen and oxygen atoms in total. The van der Waals surface area contributed by atoms with Gasteiger partial charge in [0.1, 0.15) is 0 Å². The minimum Gasteiger partial charge on any atom is -0.393 e. The molecule has 3 N–H and O–H groups in total. The van der Waals surface area contributed by atoms with E-state index in [1.54, 1.807) is 0 Å². The van der Waals surface area contributed by atoms with Crippen LogP contribution in [-0.4, -0.2) is 28.3 Å². The summed E-state index contributed by atoms with van der Waals surface area (Å²) in [5.41, 5.74) is -4.13. The first-order valence-corrected chi connectivity index (χ1v) is 5.38. The third kappa shape index (κ3) is 3.46. The highest BCUT2D eigenvalue weighted by atomic mass is 19.4. The second-order valence-electron chi connectivity index (χ2n) is 4.26. The van der Waals surface area contributed by atoms with E-state index in [0.29, 0.717) is 6.07 Å². The van der Waals surface area contributed by atoms with E-state index < -0.39 is 35.4 Å². The van der Waals surface area contributed by atoms with Crippen molar-refractivity contribution in [1.29, 1.82) is 5.26 Å². The summed E-state index contributed by atoms with van der Waals surface area (Å²) in [6.07, 6.45) is -4.74. The number of aliphatic hydroxyl groups excluding tert-OH is 1. The smallest absolute Gasteiger partial charge is 0.393 e. The maximum atomic E-state index is 12.7. The standard InChI is InChI=1S/C12H11F3N2O3/c1-11(20,6-18)10(19)17-8-3-2-7(5-16)9(4-8)12(13,14)15/h2-4,18,20H,6H2,1H3,(H,17,19)/t11-/m1/s1. The molecule has 0 spiro atoms. The van der Waals surface area contributed by atoms with Gasteiger partial charge in [-0.05, 0) is 25.1 Å². The number of nitrogens with one attached hydrogen (secondary N) is 1. The molecular formula is C12H11F3N2O3. The highest BCUT2D eigenvalue weighted by Crippen LogP contribution is 2.33. The molecule has 0 bridgehead atoms. The van der Waals surface area contributed by atoms with E-state index >= 15 is 0 Å². The van der Waals surface area contributed by atoms with Crippen LogP contribution in [0.4, 0.5) is 18.9 Å². The van der Waals surface area contributed by atoms with Gasteiger partial charge in [-0.1, -0.05) is 0 Å². The van der Waals surface area contributed by atoms with Crippen LogP contribution in [-0.2, 0) is 11.0 Å². The average molecular weight is 288 g/mol. The summed E-state index contributed by atoms with van der Waals surface area (Å²) in [6, 6.07) is 3.99. The van der Waals surface area contributed by atoms with Crippen LogP contribution in [0.15, 0.2) is 18.2 Å². The SMILES string of the molecule is C[C@@](O)(CO)C(=O)Nc1ccc(C#N)c(C(F)(F)F)c1. The molecule has 0 aliphatic carbocycles. The van der Waals surface area contributed by atoms with Gasteiger partial charge in [-0.3, -0.25) is 4.79 Å². The number of nitriles is 1. The molecule has 0 fully saturated rings. The summed E-state index contributed by atoms with van der Waals surface area (Å²) < 4.78 is 38.1. The summed E-state index contributed by atoms with van der Waals surface area (Å²) in [5, 5.41) is 28.9. The number of carbonyl (C=O) groups is 1. The molecule has 8 heteroatoms. The number of benzene rings is 1. The normalized spacial score (nSPS) is 14.2. The Morgan fingerprint density at radius 2 is 2.05 bits per heavy atom. The number of aliphatic hydroxyl groups is 2. The molecule has 1 aromatic rings. The van der Waals surface area contributed by atoms with Crippen LogP contribution in [0.25, 0.3) is 0 Å². The number of hydrogen-bond donors (Lipinski definition) is 3. The molecule has 0 saturated carbocycles. The van der Waals surface area contributed by atoms with Gasteiger partial charge in [0.25, 0.3) is 5.91 Å². The predicted octanol–water partition coefficient (Wildman–Crippen LogP) is 1.26. The Balaban J connectivity index is 3.12. The van der Waals surface area contributed by atoms with Gasteiger partial charge in [0, 0.05) is 5.69 Å². The zero-order valence-electron chi connectivity index (χ0n) is 10.3. The zero-order valence-corrected chi connectivity index (χ0v) is 10.3. The lowest BCUT2D eigenvalue weighted by molar-refractivity contribution is -0.138. The number of anilines is 1. The maximum absolute atomic E-state index is 12.7. The molecule has 20 heavy (non-hydrogen) atoms. The van der Waals surface area contributed by atoms with Crippen molar-refractivity contribution >= 4 is 11.6 Å². The van der Waals surface area contributed by atoms with Crippen molar-refractivity contribution in [3.8, 4) is 6.07 Å². The van der Waals surface area contributed by atoms with E-state index in [0.717, 1.165) is 19.1 Å². The number of amides is 1. The van der Waals surface area contributed by atoms with Crippen molar-refractivity contribution in [3.63, 3.8) is 0 Å². The summed E-state index contributed by atoms with van der Waals surface area (Å²) in [7, 11) is 0. The fourth-order valence-corrected chi connectivity index (χ4v) is 1.29. The first-order valence-electron chi connectivity index (χ1n) is 5.38. The lowest BCUT2D eigenvalue weighted by Gasteiger charge is -2.20. The third-order valence-electron chi connectivity index (χ3n) is 2.50. The molecule has 1 aromatic carbocycles. The third-order valence-corrected chi connectivity index (χ3v) is 2.50. The van der Waals surface area contributed by atoms with Crippen molar-refractivity contribution < 1.29 is 28.2 Å². The van der Waals surface area contributed by atoms with Gasteiger partial charge in [-0.25, -0.2) is 0 Å². The Kier molecular flexibility index (Phi) is 4.37. The Morgan fingerprint density at radius 3 is 2.50 bits per heavy atom. The van der Waals surface area contributed by atoms with Gasteiger partial charge in [0.15, 0.2) is 5.60 Å². The van der Waals surface area contributed by atoms with Crippen LogP contribution in [0.1, 0.15) is 18.1 Å². The Hall–Kier alpha value is -2.11. The molecule has 1 atom stereocenters. The van der Waals surface area contributed by atoms with Crippen LogP contribution >= 0.6 is 0 Å². The molecule has 0 aliphatic rings. The molecule has 0 unspecified atom stereocenters. The van der Waals surface area contributed by atoms with Crippen LogP contribution in [0.5, 0.6) is 0 Å². The first-order chi connectivity index (χ1) is 9.11. The monoisotopic (exact) mass is 288 g/mol. The number of rotatable bonds is 3. The van der Waals surface area contributed by atoms with Crippen molar-refractivity contribution in [2.45, 2.75) is 18.7 Å². The molecule has 0 heterocycles. The summed E-state index contributed by atoms with van der Waals surface area (Å²) in [5.74, 6) is -1.06. The maximum Gasteiger partial charge on any atom is 0.417 e. The van der Waals surface area contributed by atoms with Crippen molar-refractivity contribution in [2.75, 3.05) is 11.9 Å². The summed E-state index contributed by atoms with van der Waals surface area (Å²) in [6.45, 7) is 0.123. The van der Waals surface area contributed by atoms with Crippen LogP contribution in [0.3, 0.4) is 0 Å². The topological polar surface area (TPSA) is 93.3 Å². The molecule has 0 aliphatic heterocycles. The lowest BCUT2D eigenvalue weighted by Crippen LogP contribution is -2.43. The van der Waals surface area contributed by atoms with Crippen LogP contribution in [0.2, 0.25) is 0 Å². The van der Waals surface area contributed by atoms with Crippen molar-refractivity contribution in [2.24, 2.45) is 0 Å². The lowest BCUT2D eigenvalue weighted by atomic mass is 10.1. The Labute approximate surface area is 112 Å².